The number of rotatable bonds is 5. The summed E-state index contributed by atoms with van der Waals surface area (Å²) in [5.41, 5.74) is 3.42. The number of nitrogens with zero attached hydrogens (tertiary/aromatic N) is 3. The van der Waals surface area contributed by atoms with Gasteiger partial charge in [0.25, 0.3) is 0 Å². The number of imidazole rings is 1. The Bertz CT molecular complexity index is 671. The molecule has 0 radical (unpaired) electrons. The molecule has 1 aromatic heterocycles. The molecule has 1 saturated heterocycles. The molecule has 1 aliphatic carbocycles. The van der Waals surface area contributed by atoms with Crippen molar-refractivity contribution in [2.75, 3.05) is 31.1 Å². The molecule has 124 valence electrons. The number of benzene rings is 1. The van der Waals surface area contributed by atoms with Gasteiger partial charge in [-0.25, -0.2) is 4.98 Å². The summed E-state index contributed by atoms with van der Waals surface area (Å²) >= 11 is 3.73. The van der Waals surface area contributed by atoms with Gasteiger partial charge in [-0.3, -0.25) is 4.90 Å². The van der Waals surface area contributed by atoms with Crippen LogP contribution in [-0.2, 0) is 0 Å². The number of hydrogen-bond donors (Lipinski definition) is 1. The number of H-pyrrole nitrogens is 1. The van der Waals surface area contributed by atoms with Gasteiger partial charge < -0.3 is 9.88 Å². The Morgan fingerprint density at radius 3 is 2.74 bits per heavy atom. The Labute approximate surface area is 146 Å². The summed E-state index contributed by atoms with van der Waals surface area (Å²) in [4.78, 5) is 12.8. The number of fused-ring (bicyclic) bond motifs is 1. The van der Waals surface area contributed by atoms with Crippen LogP contribution in [0.4, 0.5) is 5.69 Å². The summed E-state index contributed by atoms with van der Waals surface area (Å²) in [6, 6.07) is 5.14. The molecular weight excluding hydrogens is 352 g/mol. The fourth-order valence-corrected chi connectivity index (χ4v) is 4.42. The molecule has 1 aromatic carbocycles. The molecule has 5 heteroatoms. The van der Waals surface area contributed by atoms with Gasteiger partial charge in [-0.05, 0) is 46.8 Å². The standard InChI is InChI=1S/C18H25BrN4/c1-2-14(9-13-3-4-13)22-5-7-23(8-6-22)18-11-17-16(10-15(18)19)20-12-21-17/h10-14H,2-9H2,1H3,(H,20,21). The number of hydrogen-bond acceptors (Lipinski definition) is 3. The van der Waals surface area contributed by atoms with E-state index in [0.29, 0.717) is 0 Å². The maximum atomic E-state index is 4.40. The molecule has 0 spiro atoms. The lowest BCUT2D eigenvalue weighted by Crippen LogP contribution is -2.50. The van der Waals surface area contributed by atoms with E-state index in [1.54, 1.807) is 6.33 Å². The van der Waals surface area contributed by atoms with Gasteiger partial charge in [0, 0.05) is 36.7 Å². The van der Waals surface area contributed by atoms with Crippen molar-refractivity contribution in [3.05, 3.63) is 22.9 Å². The predicted octanol–water partition coefficient (Wildman–Crippen LogP) is 4.03. The molecule has 23 heavy (non-hydrogen) atoms. The first-order chi connectivity index (χ1) is 11.2. The summed E-state index contributed by atoms with van der Waals surface area (Å²) in [6.07, 6.45) is 7.40. The Hall–Kier alpha value is -1.07. The van der Waals surface area contributed by atoms with Crippen LogP contribution in [0, 0.1) is 5.92 Å². The van der Waals surface area contributed by atoms with Crippen LogP contribution in [0.1, 0.15) is 32.6 Å². The molecule has 2 fully saturated rings. The molecular formula is C18H25BrN4. The van der Waals surface area contributed by atoms with Gasteiger partial charge in [-0.2, -0.15) is 0 Å². The zero-order valence-electron chi connectivity index (χ0n) is 13.8. The van der Waals surface area contributed by atoms with Crippen LogP contribution in [0.2, 0.25) is 0 Å². The van der Waals surface area contributed by atoms with E-state index in [0.717, 1.165) is 40.6 Å². The fourth-order valence-electron chi connectivity index (χ4n) is 3.83. The molecule has 1 unspecified atom stereocenters. The topological polar surface area (TPSA) is 35.2 Å². The summed E-state index contributed by atoms with van der Waals surface area (Å²) in [5, 5.41) is 0. The highest BCUT2D eigenvalue weighted by Gasteiger charge is 2.29. The van der Waals surface area contributed by atoms with E-state index in [-0.39, 0.29) is 0 Å². The van der Waals surface area contributed by atoms with E-state index in [4.69, 9.17) is 0 Å². The molecule has 1 N–H and O–H groups in total. The van der Waals surface area contributed by atoms with E-state index in [2.05, 4.69) is 54.8 Å². The minimum absolute atomic E-state index is 0.793. The van der Waals surface area contributed by atoms with Crippen LogP contribution in [0.15, 0.2) is 22.9 Å². The average Bonchev–Trinajstić information content (AvgIpc) is 3.28. The van der Waals surface area contributed by atoms with Crippen molar-refractivity contribution in [3.8, 4) is 0 Å². The summed E-state index contributed by atoms with van der Waals surface area (Å²) in [6.45, 7) is 6.92. The maximum Gasteiger partial charge on any atom is 0.0931 e. The Balaban J connectivity index is 1.44. The smallest absolute Gasteiger partial charge is 0.0931 e. The van der Waals surface area contributed by atoms with Crippen molar-refractivity contribution in [3.63, 3.8) is 0 Å². The summed E-state index contributed by atoms with van der Waals surface area (Å²) in [5.74, 6) is 1.02. The molecule has 0 amide bonds. The first-order valence-corrected chi connectivity index (χ1v) is 9.65. The lowest BCUT2D eigenvalue weighted by atomic mass is 10.0. The third-order valence-electron chi connectivity index (χ3n) is 5.43. The molecule has 0 bridgehead atoms. The minimum atomic E-state index is 0.793. The van der Waals surface area contributed by atoms with Crippen LogP contribution >= 0.6 is 15.9 Å². The molecule has 4 rings (SSSR count). The largest absolute Gasteiger partial charge is 0.368 e. The second-order valence-electron chi connectivity index (χ2n) is 6.99. The van der Waals surface area contributed by atoms with Crippen molar-refractivity contribution in [1.29, 1.82) is 0 Å². The van der Waals surface area contributed by atoms with Gasteiger partial charge in [0.05, 0.1) is 23.0 Å². The molecule has 2 heterocycles. The third-order valence-corrected chi connectivity index (χ3v) is 6.07. The van der Waals surface area contributed by atoms with E-state index in [1.165, 1.54) is 44.5 Å². The Kier molecular flexibility index (Phi) is 4.33. The predicted molar refractivity (Wildman–Crippen MR) is 99.0 cm³/mol. The second-order valence-corrected chi connectivity index (χ2v) is 7.84. The summed E-state index contributed by atoms with van der Waals surface area (Å²) < 4.78 is 1.16. The zero-order valence-corrected chi connectivity index (χ0v) is 15.3. The average molecular weight is 377 g/mol. The van der Waals surface area contributed by atoms with Crippen LogP contribution in [0.25, 0.3) is 11.0 Å². The first-order valence-electron chi connectivity index (χ1n) is 8.86. The van der Waals surface area contributed by atoms with Gasteiger partial charge in [0.2, 0.25) is 0 Å². The van der Waals surface area contributed by atoms with Crippen LogP contribution in [0.5, 0.6) is 0 Å². The highest BCUT2D eigenvalue weighted by molar-refractivity contribution is 9.10. The van der Waals surface area contributed by atoms with Crippen molar-refractivity contribution < 1.29 is 0 Å². The second kappa shape index (κ2) is 6.44. The van der Waals surface area contributed by atoms with Gasteiger partial charge in [0.15, 0.2) is 0 Å². The van der Waals surface area contributed by atoms with Crippen molar-refractivity contribution >= 4 is 32.7 Å². The van der Waals surface area contributed by atoms with Crippen molar-refractivity contribution in [1.82, 2.24) is 14.9 Å². The van der Waals surface area contributed by atoms with E-state index in [1.807, 2.05) is 0 Å². The normalized spacial score (nSPS) is 21.0. The highest BCUT2D eigenvalue weighted by Crippen LogP contribution is 2.36. The quantitative estimate of drug-likeness (QED) is 0.855. The van der Waals surface area contributed by atoms with Gasteiger partial charge in [-0.1, -0.05) is 19.8 Å². The van der Waals surface area contributed by atoms with Gasteiger partial charge in [-0.15, -0.1) is 0 Å². The van der Waals surface area contributed by atoms with Crippen LogP contribution in [0.3, 0.4) is 0 Å². The fraction of sp³-hybridized carbons (Fsp3) is 0.611. The first kappa shape index (κ1) is 15.5. The zero-order chi connectivity index (χ0) is 15.8. The summed E-state index contributed by atoms with van der Waals surface area (Å²) in [7, 11) is 0. The highest BCUT2D eigenvalue weighted by atomic mass is 79.9. The number of anilines is 1. The lowest BCUT2D eigenvalue weighted by Gasteiger charge is -2.40. The van der Waals surface area contributed by atoms with E-state index >= 15 is 0 Å². The minimum Gasteiger partial charge on any atom is -0.368 e. The van der Waals surface area contributed by atoms with Crippen LogP contribution in [-0.4, -0.2) is 47.1 Å². The van der Waals surface area contributed by atoms with Gasteiger partial charge in [0.1, 0.15) is 0 Å². The van der Waals surface area contributed by atoms with Gasteiger partial charge >= 0.3 is 0 Å². The number of halogens is 1. The molecule has 2 aliphatic rings. The molecule has 4 nitrogen and oxygen atoms in total. The third kappa shape index (κ3) is 3.26. The number of piperazine rings is 1. The van der Waals surface area contributed by atoms with Crippen molar-refractivity contribution in [2.24, 2.45) is 5.92 Å². The Morgan fingerprint density at radius 2 is 2.04 bits per heavy atom. The Morgan fingerprint density at radius 1 is 1.26 bits per heavy atom. The van der Waals surface area contributed by atoms with E-state index < -0.39 is 0 Å². The lowest BCUT2D eigenvalue weighted by molar-refractivity contribution is 0.166. The number of aromatic nitrogens is 2. The van der Waals surface area contributed by atoms with Crippen molar-refractivity contribution in [2.45, 2.75) is 38.6 Å². The monoisotopic (exact) mass is 376 g/mol. The number of nitrogens with one attached hydrogen (secondary N) is 1. The molecule has 1 aliphatic heterocycles. The molecule has 1 saturated carbocycles. The number of aromatic amines is 1. The molecule has 1 atom stereocenters. The van der Waals surface area contributed by atoms with E-state index in [9.17, 15) is 0 Å². The molecule has 2 aromatic rings. The maximum absolute atomic E-state index is 4.40. The van der Waals surface area contributed by atoms with Crippen LogP contribution < -0.4 is 4.90 Å². The SMILES string of the molecule is CCC(CC1CC1)N1CCN(c2cc3nc[nH]c3cc2Br)CC1.